The number of esters is 2. The maximum absolute atomic E-state index is 12.9. The van der Waals surface area contributed by atoms with Gasteiger partial charge < -0.3 is 27.9 Å². The van der Waals surface area contributed by atoms with Crippen LogP contribution in [0.1, 0.15) is 361 Å². The van der Waals surface area contributed by atoms with Crippen molar-refractivity contribution in [1.82, 2.24) is 0 Å². The highest BCUT2D eigenvalue weighted by Crippen LogP contribution is 2.38. The Morgan fingerprint density at radius 1 is 0.369 bits per heavy atom. The van der Waals surface area contributed by atoms with E-state index in [2.05, 4.69) is 62.5 Å². The Bertz CT molecular complexity index is 1560. The van der Waals surface area contributed by atoms with E-state index in [0.29, 0.717) is 17.4 Å². The fourth-order valence-corrected chi connectivity index (χ4v) is 11.5. The molecule has 0 aliphatic rings. The maximum Gasteiger partial charge on any atom is 0.306 e. The SMILES string of the molecule is CCCCCCC/C=C\C/C=C\C/C=C\CCCCCCCCCCCCCCCCCCCCCCCCCCC(=O)OC(COC(=O)CCCCCCCCCCC/C=C\CCCCCCCCCC)COP(=O)([O-])OCC[N+](C)(C)C. The van der Waals surface area contributed by atoms with Gasteiger partial charge in [0.1, 0.15) is 19.8 Å². The molecular formula is C74H140NO8P. The summed E-state index contributed by atoms with van der Waals surface area (Å²) in [6.07, 6.45) is 85.0. The first-order valence-electron chi connectivity index (χ1n) is 36.3. The molecule has 0 saturated heterocycles. The molecule has 0 aromatic carbocycles. The second kappa shape index (κ2) is 65.4. The zero-order valence-electron chi connectivity index (χ0n) is 56.4. The predicted octanol–water partition coefficient (Wildman–Crippen LogP) is 23.0. The second-order valence-electron chi connectivity index (χ2n) is 26.0. The second-order valence-corrected chi connectivity index (χ2v) is 27.4. The Hall–Kier alpha value is -2.03. The number of hydrogen-bond acceptors (Lipinski definition) is 8. The van der Waals surface area contributed by atoms with Gasteiger partial charge in [-0.3, -0.25) is 14.2 Å². The molecule has 0 rings (SSSR count). The van der Waals surface area contributed by atoms with Gasteiger partial charge in [0.05, 0.1) is 27.7 Å². The van der Waals surface area contributed by atoms with Crippen molar-refractivity contribution < 1.29 is 42.1 Å². The van der Waals surface area contributed by atoms with Crippen molar-refractivity contribution in [3.05, 3.63) is 48.6 Å². The summed E-state index contributed by atoms with van der Waals surface area (Å²) in [6, 6.07) is 0. The summed E-state index contributed by atoms with van der Waals surface area (Å²) in [5.41, 5.74) is 0. The number of likely N-dealkylation sites (N-methyl/N-ethyl adjacent to an activating group) is 1. The van der Waals surface area contributed by atoms with Crippen molar-refractivity contribution in [3.63, 3.8) is 0 Å². The van der Waals surface area contributed by atoms with Gasteiger partial charge in [-0.25, -0.2) is 0 Å². The number of hydrogen-bond donors (Lipinski definition) is 0. The molecule has 0 bridgehead atoms. The van der Waals surface area contributed by atoms with Crippen LogP contribution in [-0.4, -0.2) is 70.0 Å². The third kappa shape index (κ3) is 69.1. The van der Waals surface area contributed by atoms with E-state index in [9.17, 15) is 19.0 Å². The zero-order valence-corrected chi connectivity index (χ0v) is 57.3. The van der Waals surface area contributed by atoms with E-state index in [4.69, 9.17) is 18.5 Å². The van der Waals surface area contributed by atoms with E-state index >= 15 is 0 Å². The highest BCUT2D eigenvalue weighted by atomic mass is 31.2. The van der Waals surface area contributed by atoms with Crippen LogP contribution in [0.3, 0.4) is 0 Å². The molecule has 9 nitrogen and oxygen atoms in total. The van der Waals surface area contributed by atoms with E-state index in [1.807, 2.05) is 21.1 Å². The lowest BCUT2D eigenvalue weighted by Crippen LogP contribution is -2.37. The summed E-state index contributed by atoms with van der Waals surface area (Å²) in [6.45, 7) is 4.28. The molecule has 0 radical (unpaired) electrons. The number of unbranched alkanes of at least 4 members (excludes halogenated alkanes) is 46. The highest BCUT2D eigenvalue weighted by molar-refractivity contribution is 7.45. The molecule has 2 unspecified atom stereocenters. The quantitative estimate of drug-likeness (QED) is 0.0195. The number of phosphoric ester groups is 1. The monoisotopic (exact) mass is 1200 g/mol. The zero-order chi connectivity index (χ0) is 61.2. The third-order valence-electron chi connectivity index (χ3n) is 16.3. The van der Waals surface area contributed by atoms with E-state index < -0.39 is 26.5 Å². The van der Waals surface area contributed by atoms with Crippen LogP contribution in [0.15, 0.2) is 48.6 Å². The number of carbonyl (C=O) groups excluding carboxylic acids is 2. The van der Waals surface area contributed by atoms with Crippen molar-refractivity contribution >= 4 is 19.8 Å². The van der Waals surface area contributed by atoms with Gasteiger partial charge in [-0.15, -0.1) is 0 Å². The van der Waals surface area contributed by atoms with Gasteiger partial charge >= 0.3 is 11.9 Å². The minimum Gasteiger partial charge on any atom is -0.756 e. The first kappa shape index (κ1) is 82.0. The lowest BCUT2D eigenvalue weighted by Gasteiger charge is -2.28. The smallest absolute Gasteiger partial charge is 0.306 e. The molecule has 10 heteroatoms. The third-order valence-corrected chi connectivity index (χ3v) is 17.3. The van der Waals surface area contributed by atoms with Crippen LogP contribution in [0.25, 0.3) is 0 Å². The Morgan fingerprint density at radius 3 is 0.964 bits per heavy atom. The number of nitrogens with zero attached hydrogens (tertiary/aromatic N) is 1. The Kier molecular flexibility index (Phi) is 63.8. The molecule has 0 aliphatic carbocycles. The van der Waals surface area contributed by atoms with Crippen LogP contribution in [0, 0.1) is 0 Å². The first-order valence-corrected chi connectivity index (χ1v) is 37.8. The van der Waals surface area contributed by atoms with Gasteiger partial charge in [-0.2, -0.15) is 0 Å². The fourth-order valence-electron chi connectivity index (χ4n) is 10.7. The number of carbonyl (C=O) groups is 2. The maximum atomic E-state index is 12.9. The summed E-state index contributed by atoms with van der Waals surface area (Å²) >= 11 is 0. The lowest BCUT2D eigenvalue weighted by atomic mass is 10.0. The Balaban J connectivity index is 3.92. The predicted molar refractivity (Wildman–Crippen MR) is 360 cm³/mol. The average Bonchev–Trinajstić information content (AvgIpc) is 3.61. The van der Waals surface area contributed by atoms with Crippen molar-refractivity contribution in [2.24, 2.45) is 0 Å². The molecule has 0 aliphatic heterocycles. The number of allylic oxidation sites excluding steroid dienone is 8. The number of ether oxygens (including phenoxy) is 2. The van der Waals surface area contributed by atoms with E-state index in [1.165, 1.54) is 283 Å². The average molecular weight is 1200 g/mol. The van der Waals surface area contributed by atoms with Gasteiger partial charge in [0, 0.05) is 12.8 Å². The normalized spacial score (nSPS) is 13.4. The van der Waals surface area contributed by atoms with Gasteiger partial charge in [0.25, 0.3) is 7.82 Å². The number of rotatable bonds is 68. The van der Waals surface area contributed by atoms with E-state index in [1.54, 1.807) is 0 Å². The molecule has 0 saturated carbocycles. The minimum atomic E-state index is -4.64. The van der Waals surface area contributed by atoms with Gasteiger partial charge in [-0.1, -0.05) is 319 Å². The van der Waals surface area contributed by atoms with Crippen LogP contribution >= 0.6 is 7.82 Å². The van der Waals surface area contributed by atoms with Crippen molar-refractivity contribution in [3.8, 4) is 0 Å². The molecule has 0 amide bonds. The fraction of sp³-hybridized carbons (Fsp3) is 0.865. The standard InChI is InChI=1S/C74H140NO8P/c1-6-8-10-12-14-16-18-20-22-24-26-28-29-30-31-32-33-34-35-36-37-38-39-40-41-42-43-44-45-47-49-51-53-55-57-59-61-63-65-67-74(77)83-72(71-82-84(78,79)81-69-68-75(3,4)5)70-80-73(76)66-64-62-60-58-56-54-52-50-48-46-27-25-23-21-19-17-15-13-11-9-7-2/h18,20,24-27,29-30,72H,6-17,19,21-23,28,31-71H2,1-5H3/b20-18-,26-24-,27-25-,30-29-. The molecule has 494 valence electrons. The molecule has 84 heavy (non-hydrogen) atoms. The lowest BCUT2D eigenvalue weighted by molar-refractivity contribution is -0.870. The molecule has 0 heterocycles. The van der Waals surface area contributed by atoms with Gasteiger partial charge in [-0.05, 0) is 77.0 Å². The first-order chi connectivity index (χ1) is 41.0. The summed E-state index contributed by atoms with van der Waals surface area (Å²) in [5, 5.41) is 0. The van der Waals surface area contributed by atoms with Crippen molar-refractivity contribution in [1.29, 1.82) is 0 Å². The van der Waals surface area contributed by atoms with E-state index in [-0.39, 0.29) is 32.0 Å². The number of quaternary nitrogens is 1. The molecule has 0 fully saturated rings. The molecule has 0 aromatic heterocycles. The van der Waals surface area contributed by atoms with Gasteiger partial charge in [0.15, 0.2) is 6.10 Å². The summed E-state index contributed by atoms with van der Waals surface area (Å²) in [5.74, 6) is -0.817. The molecule has 0 spiro atoms. The van der Waals surface area contributed by atoms with Crippen molar-refractivity contribution in [2.45, 2.75) is 367 Å². The number of phosphoric acid groups is 1. The highest BCUT2D eigenvalue weighted by Gasteiger charge is 2.22. The summed E-state index contributed by atoms with van der Waals surface area (Å²) < 4.78 is 34.3. The van der Waals surface area contributed by atoms with Crippen LogP contribution in [0.5, 0.6) is 0 Å². The minimum absolute atomic E-state index is 0.0290. The Labute approximate surface area is 522 Å². The molecule has 0 N–H and O–H groups in total. The molecule has 0 aromatic rings. The van der Waals surface area contributed by atoms with Crippen LogP contribution < -0.4 is 4.89 Å². The summed E-state index contributed by atoms with van der Waals surface area (Å²) in [7, 11) is 1.18. The van der Waals surface area contributed by atoms with Gasteiger partial charge in [0.2, 0.25) is 0 Å². The Morgan fingerprint density at radius 2 is 0.643 bits per heavy atom. The summed E-state index contributed by atoms with van der Waals surface area (Å²) in [4.78, 5) is 38.0. The van der Waals surface area contributed by atoms with Crippen LogP contribution in [-0.2, 0) is 32.7 Å². The van der Waals surface area contributed by atoms with Crippen LogP contribution in [0.4, 0.5) is 0 Å². The van der Waals surface area contributed by atoms with E-state index in [0.717, 1.165) is 44.9 Å². The van der Waals surface area contributed by atoms with Crippen molar-refractivity contribution in [2.75, 3.05) is 47.5 Å². The largest absolute Gasteiger partial charge is 0.756 e. The molecule has 2 atom stereocenters. The molecular weight excluding hydrogens is 1060 g/mol. The topological polar surface area (TPSA) is 111 Å². The van der Waals surface area contributed by atoms with Crippen LogP contribution in [0.2, 0.25) is 0 Å².